The number of hydrogen-bond acceptors (Lipinski definition) is 3. The fraction of sp³-hybridized carbons (Fsp3) is 0.818. The molecule has 0 aromatic carbocycles. The number of nitrogens with one attached hydrogen (secondary N) is 2. The van der Waals surface area contributed by atoms with Crippen molar-refractivity contribution in [3.05, 3.63) is 0 Å². The molecule has 1 unspecified atom stereocenters. The molecular formula is C11H22N2O3S. The molecule has 3 N–H and O–H groups in total. The van der Waals surface area contributed by atoms with Gasteiger partial charge in [-0.05, 0) is 26.5 Å². The summed E-state index contributed by atoms with van der Waals surface area (Å²) in [4.78, 5) is 22.2. The fourth-order valence-electron chi connectivity index (χ4n) is 0.946. The number of rotatable bonds is 7. The molecule has 0 aliphatic heterocycles. The van der Waals surface area contributed by atoms with Gasteiger partial charge in [0.05, 0.1) is 5.41 Å². The lowest BCUT2D eigenvalue weighted by atomic mass is 9.94. The van der Waals surface area contributed by atoms with E-state index in [1.54, 1.807) is 25.6 Å². The summed E-state index contributed by atoms with van der Waals surface area (Å²) in [6.07, 6.45) is 2.93. The molecule has 0 saturated carbocycles. The maximum absolute atomic E-state index is 11.4. The Labute approximate surface area is 107 Å². The highest BCUT2D eigenvalue weighted by Gasteiger charge is 2.27. The van der Waals surface area contributed by atoms with E-state index in [-0.39, 0.29) is 12.6 Å². The quantitative estimate of drug-likeness (QED) is 0.650. The SMILES string of the molecule is CSC(C)CCNC(=O)NCC(C)(C)C(=O)O. The number of thioether (sulfide) groups is 1. The molecule has 0 aliphatic rings. The summed E-state index contributed by atoms with van der Waals surface area (Å²) in [6.45, 7) is 5.96. The monoisotopic (exact) mass is 262 g/mol. The Morgan fingerprint density at radius 2 is 1.94 bits per heavy atom. The molecule has 0 rings (SSSR count). The first-order valence-electron chi connectivity index (χ1n) is 5.57. The summed E-state index contributed by atoms with van der Waals surface area (Å²) in [7, 11) is 0. The van der Waals surface area contributed by atoms with Gasteiger partial charge in [-0.15, -0.1) is 0 Å². The molecule has 0 aromatic rings. The molecule has 0 radical (unpaired) electrons. The van der Waals surface area contributed by atoms with Crippen molar-refractivity contribution in [3.8, 4) is 0 Å². The minimum absolute atomic E-state index is 0.117. The van der Waals surface area contributed by atoms with Crippen molar-refractivity contribution in [2.24, 2.45) is 5.41 Å². The lowest BCUT2D eigenvalue weighted by Crippen LogP contribution is -2.43. The van der Waals surface area contributed by atoms with Crippen LogP contribution < -0.4 is 10.6 Å². The number of carboxylic acids is 1. The zero-order valence-electron chi connectivity index (χ0n) is 10.9. The molecule has 100 valence electrons. The molecule has 6 heteroatoms. The first-order chi connectivity index (χ1) is 7.79. The van der Waals surface area contributed by atoms with Crippen molar-refractivity contribution in [1.29, 1.82) is 0 Å². The van der Waals surface area contributed by atoms with E-state index >= 15 is 0 Å². The third kappa shape index (κ3) is 7.10. The van der Waals surface area contributed by atoms with Gasteiger partial charge in [0, 0.05) is 18.3 Å². The van der Waals surface area contributed by atoms with Crippen molar-refractivity contribution in [1.82, 2.24) is 10.6 Å². The Kier molecular flexibility index (Phi) is 7.03. The van der Waals surface area contributed by atoms with Gasteiger partial charge in [0.1, 0.15) is 0 Å². The van der Waals surface area contributed by atoms with Crippen molar-refractivity contribution < 1.29 is 14.7 Å². The lowest BCUT2D eigenvalue weighted by Gasteiger charge is -2.19. The number of aliphatic carboxylic acids is 1. The van der Waals surface area contributed by atoms with Crippen LogP contribution in [0.3, 0.4) is 0 Å². The predicted molar refractivity (Wildman–Crippen MR) is 70.4 cm³/mol. The van der Waals surface area contributed by atoms with E-state index in [9.17, 15) is 9.59 Å². The molecule has 2 amide bonds. The summed E-state index contributed by atoms with van der Waals surface area (Å²) < 4.78 is 0. The number of hydrogen-bond donors (Lipinski definition) is 3. The number of urea groups is 1. The van der Waals surface area contributed by atoms with E-state index in [2.05, 4.69) is 17.6 Å². The summed E-state index contributed by atoms with van der Waals surface area (Å²) >= 11 is 1.75. The van der Waals surface area contributed by atoms with Gasteiger partial charge in [0.15, 0.2) is 0 Å². The predicted octanol–water partition coefficient (Wildman–Crippen LogP) is 1.54. The molecular weight excluding hydrogens is 240 g/mol. The van der Waals surface area contributed by atoms with Gasteiger partial charge < -0.3 is 15.7 Å². The molecule has 0 saturated heterocycles. The molecule has 0 bridgehead atoms. The molecule has 0 spiro atoms. The van der Waals surface area contributed by atoms with Gasteiger partial charge in [-0.25, -0.2) is 4.79 Å². The Morgan fingerprint density at radius 1 is 1.35 bits per heavy atom. The summed E-state index contributed by atoms with van der Waals surface area (Å²) in [5, 5.41) is 14.6. The van der Waals surface area contributed by atoms with Crippen LogP contribution in [0.15, 0.2) is 0 Å². The van der Waals surface area contributed by atoms with Crippen molar-refractivity contribution in [3.63, 3.8) is 0 Å². The standard InChI is InChI=1S/C11H22N2O3S/c1-8(17-4)5-6-12-10(16)13-7-11(2,3)9(14)15/h8H,5-7H2,1-4H3,(H,14,15)(H2,12,13,16). The van der Waals surface area contributed by atoms with Crippen molar-refractivity contribution in [2.45, 2.75) is 32.4 Å². The van der Waals surface area contributed by atoms with E-state index in [0.717, 1.165) is 6.42 Å². The van der Waals surface area contributed by atoms with E-state index in [0.29, 0.717) is 11.8 Å². The first-order valence-corrected chi connectivity index (χ1v) is 6.86. The van der Waals surface area contributed by atoms with Gasteiger partial charge in [-0.1, -0.05) is 6.92 Å². The molecule has 0 heterocycles. The topological polar surface area (TPSA) is 78.4 Å². The van der Waals surface area contributed by atoms with Crippen LogP contribution in [0.2, 0.25) is 0 Å². The second-order valence-electron chi connectivity index (χ2n) is 4.63. The summed E-state index contributed by atoms with van der Waals surface area (Å²) in [6, 6.07) is -0.312. The van der Waals surface area contributed by atoms with E-state index in [1.165, 1.54) is 0 Å². The van der Waals surface area contributed by atoms with Gasteiger partial charge in [0.25, 0.3) is 0 Å². The Balaban J connectivity index is 3.77. The second-order valence-corrected chi connectivity index (χ2v) is 5.91. The van der Waals surface area contributed by atoms with Gasteiger partial charge in [0.2, 0.25) is 0 Å². The second kappa shape index (κ2) is 7.42. The summed E-state index contributed by atoms with van der Waals surface area (Å²) in [5.74, 6) is -0.922. The molecule has 0 fully saturated rings. The van der Waals surface area contributed by atoms with Crippen LogP contribution >= 0.6 is 11.8 Å². The van der Waals surface area contributed by atoms with Crippen LogP contribution in [0.25, 0.3) is 0 Å². The van der Waals surface area contributed by atoms with Crippen molar-refractivity contribution >= 4 is 23.8 Å². The number of amides is 2. The molecule has 1 atom stereocenters. The zero-order chi connectivity index (χ0) is 13.5. The average molecular weight is 262 g/mol. The normalized spacial score (nSPS) is 12.9. The minimum atomic E-state index is -0.941. The van der Waals surface area contributed by atoms with Crippen LogP contribution in [-0.2, 0) is 4.79 Å². The van der Waals surface area contributed by atoms with Crippen LogP contribution in [0.5, 0.6) is 0 Å². The Hall–Kier alpha value is -0.910. The van der Waals surface area contributed by atoms with Crippen LogP contribution in [0.1, 0.15) is 27.2 Å². The average Bonchev–Trinajstić information content (AvgIpc) is 2.26. The van der Waals surface area contributed by atoms with E-state index in [4.69, 9.17) is 5.11 Å². The number of carbonyl (C=O) groups excluding carboxylic acids is 1. The third-order valence-corrected chi connectivity index (χ3v) is 3.55. The van der Waals surface area contributed by atoms with Gasteiger partial charge in [-0.3, -0.25) is 4.79 Å². The first kappa shape index (κ1) is 16.1. The minimum Gasteiger partial charge on any atom is -0.481 e. The highest BCUT2D eigenvalue weighted by atomic mass is 32.2. The highest BCUT2D eigenvalue weighted by Crippen LogP contribution is 2.12. The summed E-state index contributed by atoms with van der Waals surface area (Å²) in [5.41, 5.74) is -0.941. The fourth-order valence-corrected chi connectivity index (χ4v) is 1.30. The number of carboxylic acid groups (broad SMARTS) is 1. The Morgan fingerprint density at radius 3 is 2.41 bits per heavy atom. The van der Waals surface area contributed by atoms with Crippen LogP contribution in [0.4, 0.5) is 4.79 Å². The smallest absolute Gasteiger partial charge is 0.314 e. The maximum atomic E-state index is 11.4. The third-order valence-electron chi connectivity index (χ3n) is 2.51. The zero-order valence-corrected chi connectivity index (χ0v) is 11.7. The highest BCUT2D eigenvalue weighted by molar-refractivity contribution is 7.99. The molecule has 17 heavy (non-hydrogen) atoms. The van der Waals surface area contributed by atoms with E-state index in [1.807, 2.05) is 6.26 Å². The van der Waals surface area contributed by atoms with Crippen molar-refractivity contribution in [2.75, 3.05) is 19.3 Å². The van der Waals surface area contributed by atoms with Gasteiger partial charge in [-0.2, -0.15) is 11.8 Å². The van der Waals surface area contributed by atoms with Crippen LogP contribution in [-0.4, -0.2) is 41.7 Å². The molecule has 0 aliphatic carbocycles. The van der Waals surface area contributed by atoms with Crippen LogP contribution in [0, 0.1) is 5.41 Å². The molecule has 0 aromatic heterocycles. The largest absolute Gasteiger partial charge is 0.481 e. The number of carbonyl (C=O) groups is 2. The lowest BCUT2D eigenvalue weighted by molar-refractivity contribution is -0.146. The Bertz CT molecular complexity index is 269. The molecule has 5 nitrogen and oxygen atoms in total. The maximum Gasteiger partial charge on any atom is 0.314 e. The van der Waals surface area contributed by atoms with Gasteiger partial charge >= 0.3 is 12.0 Å². The van der Waals surface area contributed by atoms with E-state index < -0.39 is 11.4 Å².